The molecular formula is C16H23NO2. The number of ether oxygens (including phenoxy) is 1. The van der Waals surface area contributed by atoms with Crippen molar-refractivity contribution in [2.24, 2.45) is 5.92 Å². The van der Waals surface area contributed by atoms with Gasteiger partial charge in [-0.2, -0.15) is 0 Å². The van der Waals surface area contributed by atoms with Crippen LogP contribution in [0.2, 0.25) is 0 Å². The molecule has 0 amide bonds. The zero-order valence-corrected chi connectivity index (χ0v) is 12.0. The van der Waals surface area contributed by atoms with Gasteiger partial charge in [-0.05, 0) is 36.8 Å². The molecule has 1 aliphatic carbocycles. The molecule has 1 fully saturated rings. The summed E-state index contributed by atoms with van der Waals surface area (Å²) >= 11 is 0. The Bertz CT molecular complexity index is 442. The molecule has 0 aromatic heterocycles. The molecule has 0 aliphatic heterocycles. The molecule has 0 spiro atoms. The number of methoxy groups -OCH3 is 1. The van der Waals surface area contributed by atoms with Crippen LogP contribution in [0.25, 0.3) is 0 Å². The zero-order valence-electron chi connectivity index (χ0n) is 12.0. The molecule has 1 saturated carbocycles. The van der Waals surface area contributed by atoms with Crippen molar-refractivity contribution in [3.05, 3.63) is 29.8 Å². The Morgan fingerprint density at radius 3 is 2.74 bits per heavy atom. The molecule has 1 aromatic rings. The number of carbonyl (C=O) groups excluding carboxylic acids is 1. The van der Waals surface area contributed by atoms with Crippen molar-refractivity contribution < 1.29 is 9.53 Å². The Morgan fingerprint density at radius 2 is 2.05 bits per heavy atom. The summed E-state index contributed by atoms with van der Waals surface area (Å²) in [5.74, 6) is 0.497. The first-order valence-corrected chi connectivity index (χ1v) is 7.05. The van der Waals surface area contributed by atoms with Crippen LogP contribution in [0.15, 0.2) is 24.3 Å². The molecule has 3 heteroatoms. The molecule has 1 N–H and O–H groups in total. The lowest BCUT2D eigenvalue weighted by Gasteiger charge is -2.19. The summed E-state index contributed by atoms with van der Waals surface area (Å²) in [6.45, 7) is 4.40. The van der Waals surface area contributed by atoms with Crippen LogP contribution in [0.3, 0.4) is 0 Å². The van der Waals surface area contributed by atoms with Crippen LogP contribution in [-0.2, 0) is 9.53 Å². The van der Waals surface area contributed by atoms with Crippen molar-refractivity contribution >= 4 is 11.7 Å². The minimum atomic E-state index is -0.0681. The highest BCUT2D eigenvalue weighted by Crippen LogP contribution is 2.31. The minimum Gasteiger partial charge on any atom is -0.469 e. The van der Waals surface area contributed by atoms with E-state index in [1.54, 1.807) is 0 Å². The summed E-state index contributed by atoms with van der Waals surface area (Å²) in [5.41, 5.74) is 2.54. The maximum Gasteiger partial charge on any atom is 0.308 e. The average molecular weight is 261 g/mol. The second kappa shape index (κ2) is 6.09. The second-order valence-corrected chi connectivity index (χ2v) is 5.62. The summed E-state index contributed by atoms with van der Waals surface area (Å²) in [5, 5.41) is 3.59. The number of para-hydroxylation sites is 1. The Morgan fingerprint density at radius 1 is 1.32 bits per heavy atom. The molecule has 0 heterocycles. The van der Waals surface area contributed by atoms with Gasteiger partial charge in [0.2, 0.25) is 0 Å². The van der Waals surface area contributed by atoms with Crippen molar-refractivity contribution in [2.45, 2.75) is 45.1 Å². The van der Waals surface area contributed by atoms with E-state index < -0.39 is 0 Å². The lowest BCUT2D eigenvalue weighted by Crippen LogP contribution is -2.19. The first-order chi connectivity index (χ1) is 9.11. The van der Waals surface area contributed by atoms with E-state index in [1.807, 2.05) is 0 Å². The van der Waals surface area contributed by atoms with Crippen LogP contribution >= 0.6 is 0 Å². The van der Waals surface area contributed by atoms with Crippen LogP contribution in [-0.4, -0.2) is 19.1 Å². The number of esters is 1. The third-order valence-corrected chi connectivity index (χ3v) is 3.91. The van der Waals surface area contributed by atoms with Gasteiger partial charge in [-0.3, -0.25) is 4.79 Å². The number of nitrogens with one attached hydrogen (secondary N) is 1. The molecule has 1 aliphatic rings. The summed E-state index contributed by atoms with van der Waals surface area (Å²) in [7, 11) is 1.47. The van der Waals surface area contributed by atoms with E-state index in [0.29, 0.717) is 12.0 Å². The lowest BCUT2D eigenvalue weighted by molar-refractivity contribution is -0.145. The molecule has 3 nitrogen and oxygen atoms in total. The Kier molecular flexibility index (Phi) is 4.46. The standard InChI is InChI=1S/C16H23NO2/c1-11(2)14-6-4-5-7-15(14)17-13-9-8-12(10-13)16(18)19-3/h4-7,11-13,17H,8-10H2,1-3H3/t12-,13-/m1/s1. The van der Waals surface area contributed by atoms with Crippen molar-refractivity contribution in [2.75, 3.05) is 12.4 Å². The fourth-order valence-electron chi connectivity index (χ4n) is 2.85. The monoisotopic (exact) mass is 261 g/mol. The zero-order chi connectivity index (χ0) is 13.8. The van der Waals surface area contributed by atoms with Crippen LogP contribution < -0.4 is 5.32 Å². The van der Waals surface area contributed by atoms with E-state index in [4.69, 9.17) is 4.74 Å². The van der Waals surface area contributed by atoms with Gasteiger partial charge in [-0.15, -0.1) is 0 Å². The molecule has 0 radical (unpaired) electrons. The fraction of sp³-hybridized carbons (Fsp3) is 0.562. The molecule has 2 rings (SSSR count). The van der Waals surface area contributed by atoms with Crippen LogP contribution in [0, 0.1) is 5.92 Å². The topological polar surface area (TPSA) is 38.3 Å². The molecular weight excluding hydrogens is 238 g/mol. The number of anilines is 1. The van der Waals surface area contributed by atoms with Gasteiger partial charge in [-0.25, -0.2) is 0 Å². The van der Waals surface area contributed by atoms with Gasteiger partial charge in [0, 0.05) is 11.7 Å². The number of carbonyl (C=O) groups is 1. The van der Waals surface area contributed by atoms with Crippen molar-refractivity contribution in [1.29, 1.82) is 0 Å². The normalized spacial score (nSPS) is 22.5. The highest BCUT2D eigenvalue weighted by atomic mass is 16.5. The maximum absolute atomic E-state index is 11.5. The Labute approximate surface area is 115 Å². The van der Waals surface area contributed by atoms with Gasteiger partial charge in [0.1, 0.15) is 0 Å². The predicted octanol–water partition coefficient (Wildman–Crippen LogP) is 3.56. The van der Waals surface area contributed by atoms with E-state index in [1.165, 1.54) is 18.4 Å². The Hall–Kier alpha value is -1.51. The molecule has 0 unspecified atom stereocenters. The molecule has 0 saturated heterocycles. The van der Waals surface area contributed by atoms with Gasteiger partial charge in [-0.1, -0.05) is 32.0 Å². The molecule has 0 bridgehead atoms. The number of hydrogen-bond acceptors (Lipinski definition) is 3. The quantitative estimate of drug-likeness (QED) is 0.842. The van der Waals surface area contributed by atoms with Gasteiger partial charge in [0.25, 0.3) is 0 Å². The minimum absolute atomic E-state index is 0.0636. The predicted molar refractivity (Wildman–Crippen MR) is 77.3 cm³/mol. The van der Waals surface area contributed by atoms with E-state index in [9.17, 15) is 4.79 Å². The Balaban J connectivity index is 2.01. The van der Waals surface area contributed by atoms with Gasteiger partial charge in [0.15, 0.2) is 0 Å². The fourth-order valence-corrected chi connectivity index (χ4v) is 2.85. The van der Waals surface area contributed by atoms with Gasteiger partial charge in [0.05, 0.1) is 13.0 Å². The van der Waals surface area contributed by atoms with Gasteiger partial charge >= 0.3 is 5.97 Å². The average Bonchev–Trinajstić information content (AvgIpc) is 2.86. The molecule has 1 aromatic carbocycles. The van der Waals surface area contributed by atoms with Crippen molar-refractivity contribution in [3.63, 3.8) is 0 Å². The van der Waals surface area contributed by atoms with Crippen molar-refractivity contribution in [3.8, 4) is 0 Å². The maximum atomic E-state index is 11.5. The lowest BCUT2D eigenvalue weighted by atomic mass is 10.0. The van der Waals surface area contributed by atoms with E-state index in [2.05, 4.69) is 43.4 Å². The van der Waals surface area contributed by atoms with E-state index in [-0.39, 0.29) is 11.9 Å². The number of hydrogen-bond donors (Lipinski definition) is 1. The SMILES string of the molecule is COC(=O)[C@@H]1CC[C@@H](Nc2ccccc2C(C)C)C1. The third kappa shape index (κ3) is 3.28. The highest BCUT2D eigenvalue weighted by Gasteiger charge is 2.30. The summed E-state index contributed by atoms with van der Waals surface area (Å²) in [6.07, 6.45) is 2.83. The van der Waals surface area contributed by atoms with Crippen LogP contribution in [0.1, 0.15) is 44.6 Å². The van der Waals surface area contributed by atoms with Crippen molar-refractivity contribution in [1.82, 2.24) is 0 Å². The van der Waals surface area contributed by atoms with E-state index in [0.717, 1.165) is 19.3 Å². The van der Waals surface area contributed by atoms with E-state index >= 15 is 0 Å². The molecule has 2 atom stereocenters. The van der Waals surface area contributed by atoms with Crippen LogP contribution in [0.4, 0.5) is 5.69 Å². The highest BCUT2D eigenvalue weighted by molar-refractivity contribution is 5.72. The third-order valence-electron chi connectivity index (χ3n) is 3.91. The second-order valence-electron chi connectivity index (χ2n) is 5.62. The summed E-state index contributed by atoms with van der Waals surface area (Å²) in [6, 6.07) is 8.80. The molecule has 19 heavy (non-hydrogen) atoms. The molecule has 104 valence electrons. The summed E-state index contributed by atoms with van der Waals surface area (Å²) in [4.78, 5) is 11.5. The summed E-state index contributed by atoms with van der Waals surface area (Å²) < 4.78 is 4.83. The largest absolute Gasteiger partial charge is 0.469 e. The smallest absolute Gasteiger partial charge is 0.308 e. The van der Waals surface area contributed by atoms with Gasteiger partial charge < -0.3 is 10.1 Å². The van der Waals surface area contributed by atoms with Crippen LogP contribution in [0.5, 0.6) is 0 Å². The first-order valence-electron chi connectivity index (χ1n) is 7.05. The number of benzene rings is 1. The first kappa shape index (κ1) is 13.9. The number of rotatable bonds is 4.